The summed E-state index contributed by atoms with van der Waals surface area (Å²) in [4.78, 5) is 27.4. The number of hydrogen-bond acceptors (Lipinski definition) is 11. The topological polar surface area (TPSA) is 150 Å². The number of ether oxygens (including phenoxy) is 2. The van der Waals surface area contributed by atoms with Crippen LogP contribution in [0.2, 0.25) is 0 Å². The largest absolute Gasteiger partial charge is 0.458 e. The normalized spacial score (nSPS) is 24.7. The van der Waals surface area contributed by atoms with Gasteiger partial charge in [0, 0.05) is 29.0 Å². The molecule has 13 heteroatoms. The molecule has 2 fully saturated rings. The van der Waals surface area contributed by atoms with Crippen molar-refractivity contribution in [3.63, 3.8) is 0 Å². The molecule has 0 radical (unpaired) electrons. The summed E-state index contributed by atoms with van der Waals surface area (Å²) in [7, 11) is 2.05. The van der Waals surface area contributed by atoms with Gasteiger partial charge in [0.05, 0.1) is 29.9 Å². The van der Waals surface area contributed by atoms with Crippen molar-refractivity contribution >= 4 is 27.5 Å². The van der Waals surface area contributed by atoms with Crippen LogP contribution < -0.4 is 16.2 Å². The van der Waals surface area contributed by atoms with E-state index in [1.807, 2.05) is 6.92 Å². The van der Waals surface area contributed by atoms with Crippen LogP contribution in [0.15, 0.2) is 9.32 Å². The minimum absolute atomic E-state index is 0.0198. The SMILES string of the molecule is C#C[C@H](Oc1nc(-c2onc3c2CCC[C@@]32CCCc3sc(N)c(C#N)c32)nc2c1n(CC)c(=O)n2[C@@H]1CCOC1)[C@@H]1CCCN1C. The Morgan fingerprint density at radius 1 is 1.23 bits per heavy atom. The van der Waals surface area contributed by atoms with Gasteiger partial charge >= 0.3 is 5.69 Å². The second kappa shape index (κ2) is 11.5. The van der Waals surface area contributed by atoms with Crippen molar-refractivity contribution in [2.45, 2.75) is 94.9 Å². The molecule has 2 aliphatic heterocycles. The van der Waals surface area contributed by atoms with Crippen molar-refractivity contribution in [2.75, 3.05) is 32.5 Å². The van der Waals surface area contributed by atoms with E-state index < -0.39 is 11.5 Å². The van der Waals surface area contributed by atoms with E-state index in [1.165, 1.54) is 11.3 Å². The molecule has 0 amide bonds. The first-order valence-electron chi connectivity index (χ1n) is 16.6. The lowest BCUT2D eigenvalue weighted by atomic mass is 9.62. The highest BCUT2D eigenvalue weighted by Gasteiger charge is 2.48. The number of imidazole rings is 1. The highest BCUT2D eigenvalue weighted by atomic mass is 32.1. The van der Waals surface area contributed by atoms with Gasteiger partial charge in [-0.15, -0.1) is 17.8 Å². The Kier molecular flexibility index (Phi) is 7.39. The molecule has 4 aliphatic rings. The van der Waals surface area contributed by atoms with Gasteiger partial charge in [0.1, 0.15) is 11.1 Å². The molecule has 2 saturated heterocycles. The highest BCUT2D eigenvalue weighted by molar-refractivity contribution is 7.16. The first kappa shape index (κ1) is 30.2. The van der Waals surface area contributed by atoms with Gasteiger partial charge in [-0.05, 0) is 83.9 Å². The van der Waals surface area contributed by atoms with Crippen LogP contribution in [-0.4, -0.2) is 68.1 Å². The fourth-order valence-electron chi connectivity index (χ4n) is 8.57. The predicted octanol–water partition coefficient (Wildman–Crippen LogP) is 4.18. The highest BCUT2D eigenvalue weighted by Crippen LogP contribution is 2.54. The van der Waals surface area contributed by atoms with E-state index in [2.05, 4.69) is 23.9 Å². The number of thiophene rings is 1. The lowest BCUT2D eigenvalue weighted by Crippen LogP contribution is -2.39. The van der Waals surface area contributed by atoms with Crippen molar-refractivity contribution in [3.05, 3.63) is 37.7 Å². The molecule has 0 bridgehead atoms. The smallest absolute Gasteiger partial charge is 0.330 e. The third kappa shape index (κ3) is 4.47. The Morgan fingerprint density at radius 3 is 2.77 bits per heavy atom. The first-order valence-corrected chi connectivity index (χ1v) is 17.5. The van der Waals surface area contributed by atoms with Crippen molar-refractivity contribution in [1.82, 2.24) is 29.2 Å². The van der Waals surface area contributed by atoms with Crippen LogP contribution in [0.1, 0.15) is 85.2 Å². The van der Waals surface area contributed by atoms with Gasteiger partial charge in [0.15, 0.2) is 17.3 Å². The summed E-state index contributed by atoms with van der Waals surface area (Å²) in [6.45, 7) is 4.26. The summed E-state index contributed by atoms with van der Waals surface area (Å²) >= 11 is 1.52. The van der Waals surface area contributed by atoms with Gasteiger partial charge in [-0.2, -0.15) is 10.2 Å². The standard InChI is InChI=1S/C34H38N8O4S/c1-4-23(22-10-8-15-40(22)3)45-32-26-31(42(19-12-16-44-18-19)33(43)41(26)5-2)37-30(38-32)27-20-9-6-13-34(28(20)39-46-27)14-7-11-24-25(34)21(17-35)29(36)47-24/h1,19,22-23H,5-16,18,36H2,2-3H3/t19-,22+,23+,34+/m1/s1. The van der Waals surface area contributed by atoms with Gasteiger partial charge < -0.3 is 19.7 Å². The number of hydrogen-bond donors (Lipinski definition) is 1. The Bertz CT molecular complexity index is 2020. The third-order valence-corrected chi connectivity index (χ3v) is 11.8. The van der Waals surface area contributed by atoms with E-state index in [0.717, 1.165) is 79.6 Å². The number of likely N-dealkylation sites (tertiary alicyclic amines) is 1. The maximum atomic E-state index is 14.0. The zero-order chi connectivity index (χ0) is 32.4. The average Bonchev–Trinajstić information content (AvgIpc) is 3.90. The summed E-state index contributed by atoms with van der Waals surface area (Å²) in [5.41, 5.74) is 10.1. The molecule has 0 aromatic carbocycles. The predicted molar refractivity (Wildman–Crippen MR) is 176 cm³/mol. The van der Waals surface area contributed by atoms with Crippen LogP contribution in [0.4, 0.5) is 5.00 Å². The summed E-state index contributed by atoms with van der Waals surface area (Å²) in [5.74, 6) is 3.88. The first-order chi connectivity index (χ1) is 22.9. The van der Waals surface area contributed by atoms with Crippen LogP contribution in [0.5, 0.6) is 5.88 Å². The van der Waals surface area contributed by atoms with E-state index in [-0.39, 0.29) is 23.7 Å². The number of nitrogens with two attached hydrogens (primary N) is 1. The molecule has 6 heterocycles. The average molecular weight is 655 g/mol. The Hall–Kier alpha value is -4.17. The molecule has 4 atom stereocenters. The number of nitriles is 1. The zero-order valence-electron chi connectivity index (χ0n) is 26.8. The number of anilines is 1. The minimum atomic E-state index is -0.576. The molecule has 47 heavy (non-hydrogen) atoms. The van der Waals surface area contributed by atoms with E-state index >= 15 is 0 Å². The number of nitrogen functional groups attached to an aromatic ring is 1. The molecular formula is C34H38N8O4S. The molecule has 1 spiro atoms. The minimum Gasteiger partial charge on any atom is -0.458 e. The Balaban J connectivity index is 1.33. The lowest BCUT2D eigenvalue weighted by molar-refractivity contribution is 0.146. The summed E-state index contributed by atoms with van der Waals surface area (Å²) in [6, 6.07) is 2.24. The fraction of sp³-hybridized carbons (Fsp3) is 0.559. The zero-order valence-corrected chi connectivity index (χ0v) is 27.6. The van der Waals surface area contributed by atoms with Gasteiger partial charge in [0.25, 0.3) is 0 Å². The van der Waals surface area contributed by atoms with Crippen molar-refractivity contribution in [3.8, 4) is 35.9 Å². The molecular weight excluding hydrogens is 616 g/mol. The Morgan fingerprint density at radius 2 is 2.06 bits per heavy atom. The van der Waals surface area contributed by atoms with Crippen LogP contribution in [0.3, 0.4) is 0 Å². The van der Waals surface area contributed by atoms with E-state index in [9.17, 15) is 10.1 Å². The lowest BCUT2D eigenvalue weighted by Gasteiger charge is -2.39. The molecule has 4 aromatic heterocycles. The van der Waals surface area contributed by atoms with Crippen molar-refractivity contribution in [2.24, 2.45) is 0 Å². The monoisotopic (exact) mass is 654 g/mol. The maximum absolute atomic E-state index is 14.0. The van der Waals surface area contributed by atoms with Gasteiger partial charge in [-0.3, -0.25) is 14.0 Å². The second-order valence-corrected chi connectivity index (χ2v) is 14.4. The fourth-order valence-corrected chi connectivity index (χ4v) is 9.73. The number of likely N-dealkylation sites (N-methyl/N-ethyl adjacent to an activating group) is 1. The van der Waals surface area contributed by atoms with E-state index in [1.54, 1.807) is 9.13 Å². The van der Waals surface area contributed by atoms with E-state index in [0.29, 0.717) is 59.5 Å². The van der Waals surface area contributed by atoms with Crippen LogP contribution in [-0.2, 0) is 29.5 Å². The number of fused-ring (bicyclic) bond motifs is 5. The number of rotatable bonds is 6. The molecule has 8 rings (SSSR count). The van der Waals surface area contributed by atoms with Crippen LogP contribution in [0.25, 0.3) is 22.7 Å². The number of aromatic nitrogens is 5. The number of terminal acetylenes is 1. The van der Waals surface area contributed by atoms with Crippen LogP contribution >= 0.6 is 11.3 Å². The molecule has 0 unspecified atom stereocenters. The summed E-state index contributed by atoms with van der Waals surface area (Å²) in [5, 5.41) is 15.4. The molecule has 4 aromatic rings. The van der Waals surface area contributed by atoms with E-state index in [4.69, 9.17) is 41.3 Å². The quantitative estimate of drug-likeness (QED) is 0.300. The second-order valence-electron chi connectivity index (χ2n) is 13.2. The molecule has 12 nitrogen and oxygen atoms in total. The number of nitrogens with zero attached hydrogens (tertiary/aromatic N) is 7. The maximum Gasteiger partial charge on any atom is 0.330 e. The molecule has 2 aliphatic carbocycles. The van der Waals surface area contributed by atoms with Gasteiger partial charge in [-0.1, -0.05) is 11.1 Å². The Labute approximate surface area is 276 Å². The van der Waals surface area contributed by atoms with Crippen LogP contribution in [0, 0.1) is 23.7 Å². The van der Waals surface area contributed by atoms with Crippen molar-refractivity contribution in [1.29, 1.82) is 5.26 Å². The summed E-state index contributed by atoms with van der Waals surface area (Å²) in [6.07, 6.45) is 13.3. The van der Waals surface area contributed by atoms with Gasteiger partial charge in [-0.25, -0.2) is 9.78 Å². The molecule has 0 saturated carbocycles. The van der Waals surface area contributed by atoms with Crippen molar-refractivity contribution < 1.29 is 14.0 Å². The third-order valence-electron chi connectivity index (χ3n) is 10.8. The number of aryl methyl sites for hydroxylation is 2. The van der Waals surface area contributed by atoms with Gasteiger partial charge in [0.2, 0.25) is 17.5 Å². The molecule has 244 valence electrons. The molecule has 2 N–H and O–H groups in total. The summed E-state index contributed by atoms with van der Waals surface area (Å²) < 4.78 is 21.9.